The molecule has 2 aliphatic heterocycles. The summed E-state index contributed by atoms with van der Waals surface area (Å²) in [6.45, 7) is 6.43. The van der Waals surface area contributed by atoms with Gasteiger partial charge in [0.25, 0.3) is 5.91 Å². The van der Waals surface area contributed by atoms with Gasteiger partial charge in [-0.3, -0.25) is 9.69 Å². The largest absolute Gasteiger partial charge is 0.493 e. The average molecular weight is 628 g/mol. The van der Waals surface area contributed by atoms with Crippen molar-refractivity contribution in [2.45, 2.75) is 19.4 Å². The molecule has 1 saturated heterocycles. The summed E-state index contributed by atoms with van der Waals surface area (Å²) in [7, 11) is 4.32. The monoisotopic (exact) mass is 627 g/mol. The predicted octanol–water partition coefficient (Wildman–Crippen LogP) is 3.50. The van der Waals surface area contributed by atoms with Gasteiger partial charge in [0.1, 0.15) is 12.4 Å². The average Bonchev–Trinajstić information content (AvgIpc) is 3.03. The van der Waals surface area contributed by atoms with Crippen LogP contribution < -0.4 is 34.5 Å². The zero-order valence-corrected chi connectivity index (χ0v) is 25.5. The SMILES string of the molecule is COc1cc(N(C(=O)OCCN2CCOCC2)c2ncc(F)c(Nc3ccc4c(n3)NC(=O)C(C)(C)O4)n2)cc(OC)c1OC. The van der Waals surface area contributed by atoms with Crippen molar-refractivity contribution in [3.05, 3.63) is 36.3 Å². The molecule has 0 bridgehead atoms. The molecule has 2 amide bonds. The highest BCUT2D eigenvalue weighted by Crippen LogP contribution is 2.42. The van der Waals surface area contributed by atoms with Gasteiger partial charge in [-0.05, 0) is 26.0 Å². The molecule has 2 N–H and O–H groups in total. The molecule has 5 rings (SSSR count). The van der Waals surface area contributed by atoms with Gasteiger partial charge in [-0.1, -0.05) is 0 Å². The summed E-state index contributed by atoms with van der Waals surface area (Å²) < 4.78 is 48.1. The molecule has 4 heterocycles. The van der Waals surface area contributed by atoms with Crippen molar-refractivity contribution >= 4 is 41.1 Å². The summed E-state index contributed by atoms with van der Waals surface area (Å²) in [6.07, 6.45) is 0.0760. The van der Waals surface area contributed by atoms with E-state index in [1.807, 2.05) is 0 Å². The smallest absolute Gasteiger partial charge is 0.421 e. The molecule has 45 heavy (non-hydrogen) atoms. The third kappa shape index (κ3) is 6.91. The Hall–Kier alpha value is -4.96. The van der Waals surface area contributed by atoms with Crippen LogP contribution in [0, 0.1) is 5.82 Å². The third-order valence-corrected chi connectivity index (χ3v) is 7.01. The lowest BCUT2D eigenvalue weighted by Crippen LogP contribution is -2.46. The Labute approximate surface area is 258 Å². The van der Waals surface area contributed by atoms with Crippen molar-refractivity contribution in [2.75, 3.05) is 76.3 Å². The standard InChI is InChI=1S/C29H34FN7O8/c1-29(2)26(38)34-25-19(45-29)6-7-22(33-25)32-24-18(30)16-31-27(35-24)37(28(39)44-13-10-36-8-11-43-12-9-36)17-14-20(40-3)23(42-5)21(15-17)41-4/h6-7,14-16H,8-13H2,1-5H3,(H2,31,32,33,34,35,38). The summed E-state index contributed by atoms with van der Waals surface area (Å²) in [4.78, 5) is 41.9. The van der Waals surface area contributed by atoms with E-state index in [1.165, 1.54) is 39.5 Å². The van der Waals surface area contributed by atoms with Crippen LogP contribution in [0.2, 0.25) is 0 Å². The van der Waals surface area contributed by atoms with Crippen LogP contribution in [0.5, 0.6) is 23.0 Å². The summed E-state index contributed by atoms with van der Waals surface area (Å²) in [6, 6.07) is 6.14. The number of nitrogens with one attached hydrogen (secondary N) is 2. The normalized spacial score (nSPS) is 15.6. The van der Waals surface area contributed by atoms with Crippen molar-refractivity contribution in [3.8, 4) is 23.0 Å². The van der Waals surface area contributed by atoms with Gasteiger partial charge in [-0.25, -0.2) is 24.1 Å². The van der Waals surface area contributed by atoms with E-state index in [-0.39, 0.29) is 53.1 Å². The molecular weight excluding hydrogens is 593 g/mol. The van der Waals surface area contributed by atoms with E-state index in [4.69, 9.17) is 28.4 Å². The summed E-state index contributed by atoms with van der Waals surface area (Å²) in [5.74, 6) is -0.278. The van der Waals surface area contributed by atoms with E-state index >= 15 is 4.39 Å². The van der Waals surface area contributed by atoms with E-state index < -0.39 is 17.5 Å². The van der Waals surface area contributed by atoms with Crippen molar-refractivity contribution < 1.29 is 42.4 Å². The van der Waals surface area contributed by atoms with Crippen LogP contribution in [0.4, 0.5) is 38.3 Å². The number of hydrogen-bond donors (Lipinski definition) is 2. The second-order valence-corrected chi connectivity index (χ2v) is 10.4. The molecule has 0 spiro atoms. The van der Waals surface area contributed by atoms with Crippen molar-refractivity contribution in [3.63, 3.8) is 0 Å². The Morgan fingerprint density at radius 2 is 1.82 bits per heavy atom. The zero-order chi connectivity index (χ0) is 32.1. The molecule has 2 aromatic heterocycles. The number of nitrogens with zero attached hydrogens (tertiary/aromatic N) is 5. The Balaban J connectivity index is 1.47. The number of pyridine rings is 1. The maximum Gasteiger partial charge on any atom is 0.421 e. The predicted molar refractivity (Wildman–Crippen MR) is 160 cm³/mol. The van der Waals surface area contributed by atoms with Crippen LogP contribution in [-0.4, -0.2) is 98.2 Å². The molecule has 0 atom stereocenters. The molecule has 3 aromatic rings. The number of methoxy groups -OCH3 is 3. The molecule has 16 heteroatoms. The molecule has 0 radical (unpaired) electrons. The van der Waals surface area contributed by atoms with E-state index in [0.29, 0.717) is 44.3 Å². The zero-order valence-electron chi connectivity index (χ0n) is 25.5. The molecule has 15 nitrogen and oxygen atoms in total. The fraction of sp³-hybridized carbons (Fsp3) is 0.414. The van der Waals surface area contributed by atoms with Crippen LogP contribution >= 0.6 is 0 Å². The quantitative estimate of drug-likeness (QED) is 0.337. The lowest BCUT2D eigenvalue weighted by molar-refractivity contribution is -0.129. The minimum absolute atomic E-state index is 0.0652. The van der Waals surface area contributed by atoms with Crippen LogP contribution in [-0.2, 0) is 14.3 Å². The molecule has 240 valence electrons. The molecule has 0 saturated carbocycles. The number of amides is 2. The number of hydrogen-bond acceptors (Lipinski definition) is 13. The Bertz CT molecular complexity index is 1540. The van der Waals surface area contributed by atoms with E-state index in [9.17, 15) is 9.59 Å². The minimum Gasteiger partial charge on any atom is -0.493 e. The van der Waals surface area contributed by atoms with Crippen molar-refractivity contribution in [2.24, 2.45) is 0 Å². The highest BCUT2D eigenvalue weighted by atomic mass is 19.1. The number of carbonyl (C=O) groups excluding carboxylic acids is 2. The maximum absolute atomic E-state index is 15.1. The molecule has 2 aliphatic rings. The summed E-state index contributed by atoms with van der Waals surface area (Å²) in [5.41, 5.74) is -0.877. The van der Waals surface area contributed by atoms with Gasteiger partial charge >= 0.3 is 6.09 Å². The topological polar surface area (TPSA) is 159 Å². The molecule has 0 unspecified atom stereocenters. The number of anilines is 5. The van der Waals surface area contributed by atoms with Crippen LogP contribution in [0.1, 0.15) is 13.8 Å². The first-order valence-electron chi connectivity index (χ1n) is 14.0. The third-order valence-electron chi connectivity index (χ3n) is 7.01. The first kappa shape index (κ1) is 31.5. The van der Waals surface area contributed by atoms with E-state index in [0.717, 1.165) is 11.1 Å². The second kappa shape index (κ2) is 13.4. The first-order valence-corrected chi connectivity index (χ1v) is 14.0. The Morgan fingerprint density at radius 3 is 2.49 bits per heavy atom. The number of benzene rings is 1. The lowest BCUT2D eigenvalue weighted by Gasteiger charge is -2.30. The van der Waals surface area contributed by atoms with Gasteiger partial charge in [-0.15, -0.1) is 0 Å². The van der Waals surface area contributed by atoms with Crippen LogP contribution in [0.3, 0.4) is 0 Å². The van der Waals surface area contributed by atoms with Crippen LogP contribution in [0.15, 0.2) is 30.5 Å². The van der Waals surface area contributed by atoms with Gasteiger partial charge in [-0.2, -0.15) is 4.98 Å². The van der Waals surface area contributed by atoms with Gasteiger partial charge in [0, 0.05) is 31.8 Å². The van der Waals surface area contributed by atoms with Crippen molar-refractivity contribution in [1.29, 1.82) is 0 Å². The van der Waals surface area contributed by atoms with Gasteiger partial charge in [0.05, 0.1) is 46.4 Å². The lowest BCUT2D eigenvalue weighted by atomic mass is 10.1. The summed E-state index contributed by atoms with van der Waals surface area (Å²) >= 11 is 0. The van der Waals surface area contributed by atoms with Gasteiger partial charge in [0.15, 0.2) is 40.3 Å². The molecule has 1 fully saturated rings. The number of carbonyl (C=O) groups is 2. The Kier molecular flexibility index (Phi) is 9.34. The fourth-order valence-corrected chi connectivity index (χ4v) is 4.59. The number of halogens is 1. The highest BCUT2D eigenvalue weighted by molar-refractivity contribution is 5.99. The van der Waals surface area contributed by atoms with Crippen molar-refractivity contribution in [1.82, 2.24) is 19.9 Å². The fourth-order valence-electron chi connectivity index (χ4n) is 4.59. The van der Waals surface area contributed by atoms with E-state index in [1.54, 1.807) is 19.9 Å². The number of morpholine rings is 1. The number of ether oxygens (including phenoxy) is 6. The highest BCUT2D eigenvalue weighted by Gasteiger charge is 2.36. The molecule has 1 aromatic carbocycles. The molecular formula is C29H34FN7O8. The number of fused-ring (bicyclic) bond motifs is 1. The second-order valence-electron chi connectivity index (χ2n) is 10.4. The first-order chi connectivity index (χ1) is 21.6. The maximum atomic E-state index is 15.1. The number of aromatic nitrogens is 3. The Morgan fingerprint density at radius 1 is 1.11 bits per heavy atom. The van der Waals surface area contributed by atoms with Crippen LogP contribution in [0.25, 0.3) is 0 Å². The molecule has 0 aliphatic carbocycles. The minimum atomic E-state index is -1.08. The van der Waals surface area contributed by atoms with E-state index in [2.05, 4.69) is 30.5 Å². The number of rotatable bonds is 10. The van der Waals surface area contributed by atoms with Gasteiger partial charge < -0.3 is 39.1 Å². The van der Waals surface area contributed by atoms with Gasteiger partial charge in [0.2, 0.25) is 11.7 Å². The summed E-state index contributed by atoms with van der Waals surface area (Å²) in [5, 5.41) is 5.46.